The summed E-state index contributed by atoms with van der Waals surface area (Å²) in [6.45, 7) is -0.0968. The third-order valence-electron chi connectivity index (χ3n) is 2.68. The first-order valence-electron chi connectivity index (χ1n) is 6.23. The lowest BCUT2D eigenvalue weighted by molar-refractivity contribution is 0.306. The maximum absolute atomic E-state index is 13.3. The predicted molar refractivity (Wildman–Crippen MR) is 83.5 cm³/mol. The third-order valence-corrected chi connectivity index (χ3v) is 5.09. The van der Waals surface area contributed by atoms with Gasteiger partial charge in [-0.05, 0) is 24.3 Å². The van der Waals surface area contributed by atoms with Gasteiger partial charge in [0, 0.05) is 6.54 Å². The van der Waals surface area contributed by atoms with Gasteiger partial charge in [-0.2, -0.15) is 0 Å². The van der Waals surface area contributed by atoms with Gasteiger partial charge in [-0.25, -0.2) is 17.5 Å². The monoisotopic (exact) mass is 363 g/mol. The van der Waals surface area contributed by atoms with Crippen molar-refractivity contribution >= 4 is 33.2 Å². The summed E-state index contributed by atoms with van der Waals surface area (Å²) in [6, 6.07) is 10.3. The molecule has 0 atom stereocenters. The number of benzene rings is 2. The fraction of sp³-hybridized carbons (Fsp3) is 0.143. The molecule has 0 saturated heterocycles. The third kappa shape index (κ3) is 4.10. The molecular formula is C14H12Cl2FNO3S. The summed E-state index contributed by atoms with van der Waals surface area (Å²) in [7, 11) is -3.87. The van der Waals surface area contributed by atoms with Gasteiger partial charge >= 0.3 is 0 Å². The van der Waals surface area contributed by atoms with E-state index in [9.17, 15) is 12.8 Å². The lowest BCUT2D eigenvalue weighted by atomic mass is 10.3. The molecule has 2 aromatic rings. The van der Waals surface area contributed by atoms with Crippen molar-refractivity contribution in [3.05, 3.63) is 58.3 Å². The molecule has 118 valence electrons. The topological polar surface area (TPSA) is 55.4 Å². The molecule has 0 saturated carbocycles. The molecule has 0 bridgehead atoms. The van der Waals surface area contributed by atoms with E-state index >= 15 is 0 Å². The number of hydrogen-bond acceptors (Lipinski definition) is 3. The molecule has 2 aromatic carbocycles. The van der Waals surface area contributed by atoms with Crippen LogP contribution in [0.5, 0.6) is 5.75 Å². The highest BCUT2D eigenvalue weighted by Crippen LogP contribution is 2.28. The summed E-state index contributed by atoms with van der Waals surface area (Å²) >= 11 is 11.7. The van der Waals surface area contributed by atoms with Crippen molar-refractivity contribution in [3.63, 3.8) is 0 Å². The minimum atomic E-state index is -3.87. The standard InChI is InChI=1S/C14H12Cl2FNO3S/c15-10-4-3-5-11(16)14(10)22(19,20)18-8-9-21-13-7-2-1-6-12(13)17/h1-7,18H,8-9H2. The van der Waals surface area contributed by atoms with E-state index in [1.54, 1.807) is 12.1 Å². The molecule has 8 heteroatoms. The molecule has 0 aromatic heterocycles. The molecule has 2 rings (SSSR count). The van der Waals surface area contributed by atoms with Gasteiger partial charge in [0.05, 0.1) is 10.0 Å². The lowest BCUT2D eigenvalue weighted by Crippen LogP contribution is -2.28. The van der Waals surface area contributed by atoms with Crippen molar-refractivity contribution < 1.29 is 17.5 Å². The molecule has 1 N–H and O–H groups in total. The molecule has 22 heavy (non-hydrogen) atoms. The molecule has 0 spiro atoms. The van der Waals surface area contributed by atoms with Crippen LogP contribution in [0.2, 0.25) is 10.0 Å². The van der Waals surface area contributed by atoms with Crippen LogP contribution in [0.25, 0.3) is 0 Å². The highest BCUT2D eigenvalue weighted by molar-refractivity contribution is 7.89. The van der Waals surface area contributed by atoms with E-state index in [-0.39, 0.29) is 33.8 Å². The lowest BCUT2D eigenvalue weighted by Gasteiger charge is -2.11. The first-order chi connectivity index (χ1) is 10.4. The maximum atomic E-state index is 13.3. The Morgan fingerprint density at radius 2 is 1.68 bits per heavy atom. The fourth-order valence-electron chi connectivity index (χ4n) is 1.71. The summed E-state index contributed by atoms with van der Waals surface area (Å²) in [5.41, 5.74) is 0. The first-order valence-corrected chi connectivity index (χ1v) is 8.47. The predicted octanol–water partition coefficient (Wildman–Crippen LogP) is 3.49. The van der Waals surface area contributed by atoms with E-state index in [1.807, 2.05) is 0 Å². The molecule has 0 amide bonds. The van der Waals surface area contributed by atoms with E-state index in [0.29, 0.717) is 0 Å². The molecule has 0 fully saturated rings. The van der Waals surface area contributed by atoms with Crippen LogP contribution >= 0.6 is 23.2 Å². The Morgan fingerprint density at radius 3 is 2.32 bits per heavy atom. The molecule has 0 unspecified atom stereocenters. The Morgan fingerprint density at radius 1 is 1.05 bits per heavy atom. The quantitative estimate of drug-likeness (QED) is 0.799. The molecule has 4 nitrogen and oxygen atoms in total. The molecule has 0 aliphatic rings. The number of sulfonamides is 1. The van der Waals surface area contributed by atoms with E-state index < -0.39 is 15.8 Å². The molecular weight excluding hydrogens is 352 g/mol. The van der Waals surface area contributed by atoms with Gasteiger partial charge in [0.2, 0.25) is 10.0 Å². The van der Waals surface area contributed by atoms with Crippen molar-refractivity contribution in [2.75, 3.05) is 13.2 Å². The second kappa shape index (κ2) is 7.28. The molecule has 0 aliphatic heterocycles. The number of para-hydroxylation sites is 1. The van der Waals surface area contributed by atoms with Crippen molar-refractivity contribution in [2.45, 2.75) is 4.90 Å². The van der Waals surface area contributed by atoms with Gasteiger partial charge in [-0.15, -0.1) is 0 Å². The number of halogens is 3. The number of hydrogen-bond donors (Lipinski definition) is 1. The molecule has 0 aliphatic carbocycles. The summed E-state index contributed by atoms with van der Waals surface area (Å²) in [5, 5.41) is 0.0463. The van der Waals surface area contributed by atoms with E-state index in [2.05, 4.69) is 4.72 Å². The van der Waals surface area contributed by atoms with Crippen molar-refractivity contribution in [1.29, 1.82) is 0 Å². The smallest absolute Gasteiger partial charge is 0.243 e. The zero-order valence-corrected chi connectivity index (χ0v) is 13.6. The van der Waals surface area contributed by atoms with Gasteiger partial charge in [0.25, 0.3) is 0 Å². The minimum Gasteiger partial charge on any atom is -0.489 e. The van der Waals surface area contributed by atoms with Gasteiger partial charge in [0.1, 0.15) is 11.5 Å². The largest absolute Gasteiger partial charge is 0.489 e. The normalized spacial score (nSPS) is 11.4. The van der Waals surface area contributed by atoms with E-state index in [4.69, 9.17) is 27.9 Å². The first kappa shape index (κ1) is 17.0. The highest BCUT2D eigenvalue weighted by Gasteiger charge is 2.20. The summed E-state index contributed by atoms with van der Waals surface area (Å²) in [5.74, 6) is -0.461. The summed E-state index contributed by atoms with van der Waals surface area (Å²) in [4.78, 5) is -0.191. The fourth-order valence-corrected chi connectivity index (χ4v) is 3.86. The number of nitrogens with one attached hydrogen (secondary N) is 1. The van der Waals surface area contributed by atoms with Crippen LogP contribution < -0.4 is 9.46 Å². The van der Waals surface area contributed by atoms with Crippen LogP contribution in [0.15, 0.2) is 47.4 Å². The van der Waals surface area contributed by atoms with Crippen LogP contribution in [-0.4, -0.2) is 21.6 Å². The van der Waals surface area contributed by atoms with Crippen LogP contribution in [0.1, 0.15) is 0 Å². The van der Waals surface area contributed by atoms with E-state index in [1.165, 1.54) is 30.3 Å². The minimum absolute atomic E-state index is 0.0232. The molecule has 0 radical (unpaired) electrons. The van der Waals surface area contributed by atoms with E-state index in [0.717, 1.165) is 0 Å². The summed E-state index contributed by atoms with van der Waals surface area (Å²) < 4.78 is 45.1. The SMILES string of the molecule is O=S(=O)(NCCOc1ccccc1F)c1c(Cl)cccc1Cl. The Balaban J connectivity index is 1.98. The van der Waals surface area contributed by atoms with Crippen LogP contribution in [-0.2, 0) is 10.0 Å². The average Bonchev–Trinajstić information content (AvgIpc) is 2.45. The molecule has 0 heterocycles. The maximum Gasteiger partial charge on any atom is 0.243 e. The number of rotatable bonds is 6. The van der Waals surface area contributed by atoms with Gasteiger partial charge in [-0.3, -0.25) is 0 Å². The average molecular weight is 364 g/mol. The zero-order valence-electron chi connectivity index (χ0n) is 11.2. The Bertz CT molecular complexity index is 748. The van der Waals surface area contributed by atoms with Crippen molar-refractivity contribution in [2.24, 2.45) is 0 Å². The Kier molecular flexibility index (Phi) is 5.63. The number of ether oxygens (including phenoxy) is 1. The van der Waals surface area contributed by atoms with Crippen molar-refractivity contribution in [1.82, 2.24) is 4.72 Å². The van der Waals surface area contributed by atoms with Crippen LogP contribution in [0.4, 0.5) is 4.39 Å². The van der Waals surface area contributed by atoms with Crippen molar-refractivity contribution in [3.8, 4) is 5.75 Å². The Hall–Kier alpha value is -1.34. The zero-order chi connectivity index (χ0) is 16.2. The van der Waals surface area contributed by atoms with Gasteiger partial charge < -0.3 is 4.74 Å². The second-order valence-electron chi connectivity index (χ2n) is 4.23. The highest BCUT2D eigenvalue weighted by atomic mass is 35.5. The second-order valence-corrected chi connectivity index (χ2v) is 6.75. The Labute approximate surface area is 137 Å². The van der Waals surface area contributed by atoms with Gasteiger partial charge in [0.15, 0.2) is 11.6 Å². The summed E-state index contributed by atoms with van der Waals surface area (Å²) in [6.07, 6.45) is 0. The van der Waals surface area contributed by atoms with Crippen LogP contribution in [0, 0.1) is 5.82 Å². The van der Waals surface area contributed by atoms with Crippen LogP contribution in [0.3, 0.4) is 0 Å². The van der Waals surface area contributed by atoms with Gasteiger partial charge in [-0.1, -0.05) is 41.4 Å².